The quantitative estimate of drug-likeness (QED) is 0.362. The molecule has 3 aromatic rings. The first kappa shape index (κ1) is 24.6. The molecule has 1 aliphatic rings. The number of halogens is 2. The Labute approximate surface area is 202 Å². The van der Waals surface area contributed by atoms with Crippen molar-refractivity contribution in [1.29, 1.82) is 0 Å². The summed E-state index contributed by atoms with van der Waals surface area (Å²) in [4.78, 5) is 28.9. The lowest BCUT2D eigenvalue weighted by Gasteiger charge is -2.27. The highest BCUT2D eigenvalue weighted by atomic mass is 19.1. The van der Waals surface area contributed by atoms with Gasteiger partial charge in [0.1, 0.15) is 11.6 Å². The average Bonchev–Trinajstić information content (AvgIpc) is 2.83. The number of carbonyl (C=O) groups is 2. The first-order valence-electron chi connectivity index (χ1n) is 11.9. The van der Waals surface area contributed by atoms with Gasteiger partial charge in [-0.25, -0.2) is 18.6 Å². The van der Waals surface area contributed by atoms with E-state index < -0.39 is 35.1 Å². The molecule has 0 aliphatic heterocycles. The van der Waals surface area contributed by atoms with Gasteiger partial charge in [-0.3, -0.25) is 4.79 Å². The fourth-order valence-corrected chi connectivity index (χ4v) is 4.96. The van der Waals surface area contributed by atoms with E-state index in [0.29, 0.717) is 29.7 Å². The van der Waals surface area contributed by atoms with Crippen LogP contribution in [0.2, 0.25) is 0 Å². The largest absolute Gasteiger partial charge is 0.478 e. The Kier molecular flexibility index (Phi) is 7.58. The van der Waals surface area contributed by atoms with Crippen molar-refractivity contribution in [3.05, 3.63) is 70.9 Å². The fourth-order valence-electron chi connectivity index (χ4n) is 4.96. The van der Waals surface area contributed by atoms with Crippen LogP contribution >= 0.6 is 0 Å². The molecular weight excluding hydrogens is 454 g/mol. The van der Waals surface area contributed by atoms with Crippen molar-refractivity contribution in [2.75, 3.05) is 6.61 Å². The lowest BCUT2D eigenvalue weighted by molar-refractivity contribution is 0.103. The number of rotatable bonds is 8. The van der Waals surface area contributed by atoms with Crippen molar-refractivity contribution in [1.82, 2.24) is 10.3 Å². The number of ketones is 1. The molecule has 1 unspecified atom stereocenters. The van der Waals surface area contributed by atoms with E-state index in [2.05, 4.69) is 10.3 Å². The number of carbonyl (C=O) groups excluding carboxylic acids is 1. The smallest absolute Gasteiger partial charge is 0.405 e. The Bertz CT molecular complexity index is 1220. The molecule has 0 radical (unpaired) electrons. The van der Waals surface area contributed by atoms with Gasteiger partial charge in [-0.15, -0.1) is 0 Å². The lowest BCUT2D eigenvalue weighted by Crippen LogP contribution is -2.29. The number of amides is 1. The summed E-state index contributed by atoms with van der Waals surface area (Å²) in [6.07, 6.45) is 5.85. The van der Waals surface area contributed by atoms with E-state index in [4.69, 9.17) is 4.74 Å². The predicted octanol–water partition coefficient (Wildman–Crippen LogP) is 6.42. The van der Waals surface area contributed by atoms with Gasteiger partial charge >= 0.3 is 6.09 Å². The molecule has 1 saturated carbocycles. The zero-order chi connectivity index (χ0) is 24.9. The van der Waals surface area contributed by atoms with Crippen LogP contribution in [0, 0.1) is 17.6 Å². The summed E-state index contributed by atoms with van der Waals surface area (Å²) in [6, 6.07) is 7.82. The van der Waals surface area contributed by atoms with Crippen molar-refractivity contribution in [2.45, 2.75) is 51.5 Å². The fraction of sp³-hybridized carbons (Fsp3) is 0.370. The van der Waals surface area contributed by atoms with Crippen LogP contribution in [0.1, 0.15) is 73.0 Å². The summed E-state index contributed by atoms with van der Waals surface area (Å²) in [6.45, 7) is 2.18. The van der Waals surface area contributed by atoms with Crippen LogP contribution in [0.25, 0.3) is 10.8 Å². The maximum Gasteiger partial charge on any atom is 0.405 e. The van der Waals surface area contributed by atoms with Gasteiger partial charge in [0, 0.05) is 17.1 Å². The highest BCUT2D eigenvalue weighted by Crippen LogP contribution is 2.34. The summed E-state index contributed by atoms with van der Waals surface area (Å²) in [5.41, 5.74) is -0.383. The van der Waals surface area contributed by atoms with E-state index in [-0.39, 0.29) is 17.0 Å². The zero-order valence-electron chi connectivity index (χ0n) is 19.5. The first-order chi connectivity index (χ1) is 16.9. The van der Waals surface area contributed by atoms with Crippen LogP contribution in [0.4, 0.5) is 13.6 Å². The van der Waals surface area contributed by atoms with Gasteiger partial charge in [-0.1, -0.05) is 44.2 Å². The van der Waals surface area contributed by atoms with Crippen LogP contribution in [0.5, 0.6) is 5.88 Å². The van der Waals surface area contributed by atoms with E-state index in [1.165, 1.54) is 12.3 Å². The van der Waals surface area contributed by atoms with E-state index in [1.54, 1.807) is 18.2 Å². The Morgan fingerprint density at radius 3 is 2.49 bits per heavy atom. The minimum atomic E-state index is -1.26. The molecule has 0 bridgehead atoms. The Balaban J connectivity index is 1.69. The minimum Gasteiger partial charge on any atom is -0.478 e. The molecule has 0 saturated heterocycles. The predicted molar refractivity (Wildman–Crippen MR) is 128 cm³/mol. The first-order valence-corrected chi connectivity index (χ1v) is 11.9. The van der Waals surface area contributed by atoms with Gasteiger partial charge in [0.2, 0.25) is 5.88 Å². The van der Waals surface area contributed by atoms with Crippen molar-refractivity contribution < 1.29 is 28.2 Å². The van der Waals surface area contributed by atoms with Crippen LogP contribution in [-0.4, -0.2) is 28.6 Å². The number of carboxylic acid groups (broad SMARTS) is 1. The minimum absolute atomic E-state index is 0.124. The van der Waals surface area contributed by atoms with Crippen LogP contribution in [0.3, 0.4) is 0 Å². The molecule has 1 amide bonds. The molecule has 1 heterocycles. The second-order valence-corrected chi connectivity index (χ2v) is 8.88. The summed E-state index contributed by atoms with van der Waals surface area (Å²) in [5.74, 6) is -2.25. The second-order valence-electron chi connectivity index (χ2n) is 8.88. The third kappa shape index (κ3) is 5.42. The molecule has 0 spiro atoms. The number of nitrogens with one attached hydrogen (secondary N) is 1. The molecule has 1 aromatic heterocycles. The van der Waals surface area contributed by atoms with Crippen molar-refractivity contribution in [2.24, 2.45) is 5.92 Å². The van der Waals surface area contributed by atoms with E-state index in [9.17, 15) is 14.7 Å². The summed E-state index contributed by atoms with van der Waals surface area (Å²) in [7, 11) is 0. The number of nitrogens with zero attached hydrogens (tertiary/aromatic N) is 1. The number of ether oxygens (including phenoxy) is 1. The number of pyridine rings is 1. The topological polar surface area (TPSA) is 88.5 Å². The molecule has 2 N–H and O–H groups in total. The summed E-state index contributed by atoms with van der Waals surface area (Å²) >= 11 is 0. The molecule has 4 rings (SSSR count). The molecule has 8 heteroatoms. The molecule has 1 aliphatic carbocycles. The SMILES string of the molecule is CCOc1nccc2c(C(=O)c3c(F)cc(C(CC4CCCCC4)NC(=O)O)cc3F)cccc12. The van der Waals surface area contributed by atoms with Crippen molar-refractivity contribution >= 4 is 22.6 Å². The Morgan fingerprint density at radius 2 is 1.83 bits per heavy atom. The van der Waals surface area contributed by atoms with E-state index in [1.807, 2.05) is 6.92 Å². The standard InChI is InChI=1S/C27H28F2N2O4/c1-2-35-26-20-10-6-9-19(18(20)11-12-30-26)25(32)24-21(28)14-17(15-22(24)29)23(31-27(33)34)13-16-7-4-3-5-8-16/h6,9-12,14-16,23,31H,2-5,7-8,13H2,1H3,(H,33,34). The van der Waals surface area contributed by atoms with Crippen LogP contribution in [-0.2, 0) is 0 Å². The number of fused-ring (bicyclic) bond motifs is 1. The number of aromatic nitrogens is 1. The second kappa shape index (κ2) is 10.8. The highest BCUT2D eigenvalue weighted by Gasteiger charge is 2.27. The van der Waals surface area contributed by atoms with Crippen molar-refractivity contribution in [3.63, 3.8) is 0 Å². The number of hydrogen-bond acceptors (Lipinski definition) is 4. The molecular formula is C27H28F2N2O4. The van der Waals surface area contributed by atoms with Gasteiger partial charge in [-0.2, -0.15) is 0 Å². The number of benzene rings is 2. The third-order valence-electron chi connectivity index (χ3n) is 6.58. The van der Waals surface area contributed by atoms with E-state index >= 15 is 8.78 Å². The van der Waals surface area contributed by atoms with Crippen molar-refractivity contribution in [3.8, 4) is 5.88 Å². The van der Waals surface area contributed by atoms with Gasteiger partial charge in [0.05, 0.1) is 18.2 Å². The van der Waals surface area contributed by atoms with Gasteiger partial charge in [0.15, 0.2) is 5.78 Å². The number of hydrogen-bond donors (Lipinski definition) is 2. The van der Waals surface area contributed by atoms with Crippen LogP contribution in [0.15, 0.2) is 42.6 Å². The maximum absolute atomic E-state index is 15.3. The maximum atomic E-state index is 15.3. The van der Waals surface area contributed by atoms with Gasteiger partial charge in [-0.05, 0) is 54.5 Å². The highest BCUT2D eigenvalue weighted by molar-refractivity contribution is 6.17. The molecule has 2 aromatic carbocycles. The lowest BCUT2D eigenvalue weighted by atomic mass is 9.83. The average molecular weight is 483 g/mol. The molecule has 6 nitrogen and oxygen atoms in total. The molecule has 35 heavy (non-hydrogen) atoms. The molecule has 1 atom stereocenters. The summed E-state index contributed by atoms with van der Waals surface area (Å²) in [5, 5.41) is 12.7. The van der Waals surface area contributed by atoms with Gasteiger partial charge in [0.25, 0.3) is 0 Å². The van der Waals surface area contributed by atoms with Crippen LogP contribution < -0.4 is 10.1 Å². The zero-order valence-corrected chi connectivity index (χ0v) is 19.5. The van der Waals surface area contributed by atoms with Gasteiger partial charge < -0.3 is 15.2 Å². The Hall–Kier alpha value is -3.55. The normalized spacial score (nSPS) is 15.1. The Morgan fingerprint density at radius 1 is 1.11 bits per heavy atom. The van der Waals surface area contributed by atoms with E-state index in [0.717, 1.165) is 44.2 Å². The summed E-state index contributed by atoms with van der Waals surface area (Å²) < 4.78 is 36.0. The monoisotopic (exact) mass is 482 g/mol. The molecule has 184 valence electrons. The molecule has 1 fully saturated rings. The third-order valence-corrected chi connectivity index (χ3v) is 6.58.